The number of aliphatic imine (C=N–C) groups is 1. The Labute approximate surface area is 226 Å². The van der Waals surface area contributed by atoms with Gasteiger partial charge in [0.25, 0.3) is 0 Å². The van der Waals surface area contributed by atoms with Crippen molar-refractivity contribution in [2.24, 2.45) is 4.99 Å². The fraction of sp³-hybridized carbons (Fsp3) is 0.857. The predicted octanol–water partition coefficient (Wildman–Crippen LogP) is -11.7. The van der Waals surface area contributed by atoms with Gasteiger partial charge in [-0.1, -0.05) is 0 Å². The van der Waals surface area contributed by atoms with Crippen LogP contribution < -0.4 is 64.2 Å². The summed E-state index contributed by atoms with van der Waals surface area (Å²) in [6.07, 6.45) is -16.2. The third-order valence-corrected chi connectivity index (χ3v) is 5.19. The first-order chi connectivity index (χ1) is 13.9. The second-order valence-electron chi connectivity index (χ2n) is 6.77. The molecule has 4 N–H and O–H groups in total. The number of nitrogens with zero attached hydrogens (tertiary/aromatic N) is 1. The number of hydrogen-bond acceptors (Lipinski definition) is 15. The summed E-state index contributed by atoms with van der Waals surface area (Å²) >= 11 is 0. The standard InChI is InChI=1S/C14H21NO14S.2Na/c1-3-15-5-10(9(29-30(22,23)24)4(2-16)26-13(5)25-3)27-14-8(19)6(17)7(18)11(28-14)12(20)21;;/h4-11,13-14,16-19H,2H2,1H3,(H,20,21)(H,22,23,24);;/q;2*+1/p-2/t4-,5-,6+,7+,8-,9+,10-,11+,13+,14-;;/m1../s1. The number of ether oxygens (including phenoxy) is 4. The van der Waals surface area contributed by atoms with Crippen molar-refractivity contribution in [2.75, 3.05) is 6.61 Å². The van der Waals surface area contributed by atoms with Crippen molar-refractivity contribution in [1.82, 2.24) is 0 Å². The molecule has 18 heteroatoms. The average Bonchev–Trinajstić information content (AvgIpc) is 3.01. The van der Waals surface area contributed by atoms with Crippen LogP contribution in [0.15, 0.2) is 4.99 Å². The molecule has 3 aliphatic heterocycles. The molecule has 0 radical (unpaired) electrons. The number of hydrogen-bond donors (Lipinski definition) is 4. The van der Waals surface area contributed by atoms with Crippen molar-refractivity contribution in [3.63, 3.8) is 0 Å². The van der Waals surface area contributed by atoms with Crippen molar-refractivity contribution in [3.05, 3.63) is 0 Å². The number of carboxylic acids is 1. The molecule has 3 aliphatic rings. The van der Waals surface area contributed by atoms with Crippen molar-refractivity contribution in [3.8, 4) is 0 Å². The van der Waals surface area contributed by atoms with Crippen molar-refractivity contribution < 1.29 is 126 Å². The molecule has 0 aromatic carbocycles. The Bertz CT molecular complexity index is 798. The molecule has 0 bridgehead atoms. The zero-order valence-electron chi connectivity index (χ0n) is 17.2. The maximum atomic E-state index is 11.2. The minimum absolute atomic E-state index is 0. The Morgan fingerprint density at radius 2 is 1.75 bits per heavy atom. The Morgan fingerprint density at radius 1 is 1.12 bits per heavy atom. The van der Waals surface area contributed by atoms with Crippen LogP contribution in [0.5, 0.6) is 0 Å². The van der Waals surface area contributed by atoms with Crippen LogP contribution >= 0.6 is 0 Å². The van der Waals surface area contributed by atoms with E-state index in [1.54, 1.807) is 0 Å². The minimum atomic E-state index is -5.35. The summed E-state index contributed by atoms with van der Waals surface area (Å²) in [4.78, 5) is 15.2. The van der Waals surface area contributed by atoms with Crippen LogP contribution in [0.3, 0.4) is 0 Å². The quantitative estimate of drug-likeness (QED) is 0.150. The van der Waals surface area contributed by atoms with Crippen LogP contribution in [0.2, 0.25) is 0 Å². The molecule has 32 heavy (non-hydrogen) atoms. The van der Waals surface area contributed by atoms with Gasteiger partial charge in [-0.05, 0) is 0 Å². The molecule has 0 aromatic rings. The zero-order chi connectivity index (χ0) is 22.4. The molecule has 2 fully saturated rings. The molecule has 15 nitrogen and oxygen atoms in total. The van der Waals surface area contributed by atoms with E-state index >= 15 is 0 Å². The number of fused-ring (bicyclic) bond motifs is 1. The summed E-state index contributed by atoms with van der Waals surface area (Å²) in [7, 11) is -5.35. The van der Waals surface area contributed by atoms with Crippen molar-refractivity contribution >= 4 is 22.3 Å². The van der Waals surface area contributed by atoms with E-state index in [1.165, 1.54) is 6.92 Å². The van der Waals surface area contributed by atoms with E-state index in [1.807, 2.05) is 0 Å². The van der Waals surface area contributed by atoms with Gasteiger partial charge in [-0.2, -0.15) is 0 Å². The van der Waals surface area contributed by atoms with Crippen molar-refractivity contribution in [2.45, 2.75) is 68.3 Å². The van der Waals surface area contributed by atoms with Crippen LogP contribution in [0.4, 0.5) is 0 Å². The summed E-state index contributed by atoms with van der Waals surface area (Å²) in [5.41, 5.74) is 0. The maximum Gasteiger partial charge on any atom is 1.00 e. The first kappa shape index (κ1) is 30.6. The molecular weight excluding hydrogens is 484 g/mol. The van der Waals surface area contributed by atoms with Crippen molar-refractivity contribution in [1.29, 1.82) is 0 Å². The molecule has 2 saturated heterocycles. The number of carboxylic acid groups (broad SMARTS) is 1. The monoisotopic (exact) mass is 503 g/mol. The van der Waals surface area contributed by atoms with E-state index in [0.29, 0.717) is 0 Å². The number of aliphatic hydroxyl groups is 4. The van der Waals surface area contributed by atoms with Gasteiger partial charge in [0.15, 0.2) is 12.2 Å². The van der Waals surface area contributed by atoms with E-state index in [-0.39, 0.29) is 65.0 Å². The normalized spacial score (nSPS) is 41.4. The molecule has 3 heterocycles. The van der Waals surface area contributed by atoms with E-state index in [9.17, 15) is 43.3 Å². The van der Waals surface area contributed by atoms with Crippen LogP contribution in [0.25, 0.3) is 0 Å². The van der Waals surface area contributed by atoms with E-state index in [4.69, 9.17) is 18.9 Å². The number of rotatable bonds is 6. The van der Waals surface area contributed by atoms with Gasteiger partial charge in [0.05, 0.1) is 12.6 Å². The molecule has 172 valence electrons. The molecule has 0 amide bonds. The Morgan fingerprint density at radius 3 is 2.28 bits per heavy atom. The molecule has 0 saturated carbocycles. The number of carbonyl (C=O) groups excluding carboxylic acids is 1. The van der Waals surface area contributed by atoms with Gasteiger partial charge in [-0.25, -0.2) is 13.4 Å². The molecular formula is C14H19NNa2O14S. The summed E-state index contributed by atoms with van der Waals surface area (Å²) in [5, 5.41) is 50.4. The van der Waals surface area contributed by atoms with Gasteiger partial charge in [0.2, 0.25) is 16.7 Å². The largest absolute Gasteiger partial charge is 1.00 e. The van der Waals surface area contributed by atoms with Gasteiger partial charge in [0.1, 0.15) is 48.8 Å². The van der Waals surface area contributed by atoms with E-state index < -0.39 is 84.3 Å². The van der Waals surface area contributed by atoms with Gasteiger partial charge < -0.3 is 53.8 Å². The molecule has 3 rings (SSSR count). The van der Waals surface area contributed by atoms with Gasteiger partial charge in [-0.3, -0.25) is 4.18 Å². The van der Waals surface area contributed by atoms with Crippen LogP contribution in [0, 0.1) is 0 Å². The molecule has 10 atom stereocenters. The summed E-state index contributed by atoms with van der Waals surface area (Å²) in [5.74, 6) is -1.85. The first-order valence-corrected chi connectivity index (χ1v) is 9.93. The average molecular weight is 503 g/mol. The van der Waals surface area contributed by atoms with Gasteiger partial charge >= 0.3 is 59.1 Å². The molecule has 0 aromatic heterocycles. The van der Waals surface area contributed by atoms with Crippen LogP contribution in [-0.2, 0) is 38.3 Å². The topological polar surface area (TPSA) is 237 Å². The Balaban J connectivity index is 0.00000256. The Kier molecular flexibility index (Phi) is 11.4. The van der Waals surface area contributed by atoms with Crippen LogP contribution in [-0.4, -0.2) is 113 Å². The number of carbonyl (C=O) groups is 1. The smallest absolute Gasteiger partial charge is 0.726 e. The number of aliphatic hydroxyl groups excluding tert-OH is 4. The minimum Gasteiger partial charge on any atom is -0.726 e. The van der Waals surface area contributed by atoms with Gasteiger partial charge in [-0.15, -0.1) is 0 Å². The fourth-order valence-corrected chi connectivity index (χ4v) is 3.90. The first-order valence-electron chi connectivity index (χ1n) is 8.60. The second kappa shape index (κ2) is 12.0. The molecule has 0 aliphatic carbocycles. The zero-order valence-corrected chi connectivity index (χ0v) is 22.0. The maximum absolute atomic E-state index is 11.2. The summed E-state index contributed by atoms with van der Waals surface area (Å²) in [6, 6.07) is -1.18. The second-order valence-corrected chi connectivity index (χ2v) is 7.78. The Hall–Kier alpha value is 0.530. The third kappa shape index (κ3) is 6.60. The number of aliphatic carboxylic acids is 1. The summed E-state index contributed by atoms with van der Waals surface area (Å²) < 4.78 is 59.0. The molecule has 0 unspecified atom stereocenters. The van der Waals surface area contributed by atoms with E-state index in [2.05, 4.69) is 9.18 Å². The predicted molar refractivity (Wildman–Crippen MR) is 84.9 cm³/mol. The van der Waals surface area contributed by atoms with Gasteiger partial charge in [0, 0.05) is 6.92 Å². The van der Waals surface area contributed by atoms with Crippen LogP contribution in [0.1, 0.15) is 6.92 Å². The van der Waals surface area contributed by atoms with E-state index in [0.717, 1.165) is 0 Å². The summed E-state index contributed by atoms with van der Waals surface area (Å²) in [6.45, 7) is 0.577. The fourth-order valence-electron chi connectivity index (χ4n) is 3.40. The third-order valence-electron chi connectivity index (χ3n) is 4.73. The molecule has 0 spiro atoms. The SMILES string of the molecule is CC1=N[C@H]2[C@@H](O1)O[C@H](CO)[C@H](OS(=O)(=O)[O-])[C@@H]2O[C@@H]1O[C@H](C(=O)[O-])[C@@H](O)[C@H](O)[C@H]1O.[Na+].[Na+].